The van der Waals surface area contributed by atoms with Gasteiger partial charge < -0.3 is 10.7 Å². The third-order valence-electron chi connectivity index (χ3n) is 3.79. The number of hydrogen-bond acceptors (Lipinski definition) is 1. The van der Waals surface area contributed by atoms with E-state index in [4.69, 9.17) is 5.73 Å². The zero-order valence-corrected chi connectivity index (χ0v) is 8.96. The van der Waals surface area contributed by atoms with Crippen molar-refractivity contribution >= 4 is 10.9 Å². The fourth-order valence-corrected chi connectivity index (χ4v) is 2.50. The number of fused-ring (bicyclic) bond motifs is 1. The summed E-state index contributed by atoms with van der Waals surface area (Å²) in [7, 11) is 0. The van der Waals surface area contributed by atoms with E-state index in [2.05, 4.69) is 36.2 Å². The van der Waals surface area contributed by atoms with Gasteiger partial charge in [0, 0.05) is 23.2 Å². The van der Waals surface area contributed by atoms with E-state index in [1.807, 2.05) is 6.20 Å². The molecule has 0 spiro atoms. The van der Waals surface area contributed by atoms with Gasteiger partial charge in [-0.25, -0.2) is 0 Å². The first-order valence-corrected chi connectivity index (χ1v) is 5.56. The maximum atomic E-state index is 6.07. The molecule has 1 atom stereocenters. The molecular formula is C13H16N2. The predicted octanol–water partition coefficient (Wildman–Crippen LogP) is 2.55. The summed E-state index contributed by atoms with van der Waals surface area (Å²) in [5.41, 5.74) is 8.95. The third-order valence-corrected chi connectivity index (χ3v) is 3.79. The largest absolute Gasteiger partial charge is 0.361 e. The second kappa shape index (κ2) is 2.86. The van der Waals surface area contributed by atoms with E-state index in [0.717, 1.165) is 0 Å². The fraction of sp³-hybridized carbons (Fsp3) is 0.385. The minimum absolute atomic E-state index is 0.255. The second-order valence-electron chi connectivity index (χ2n) is 4.72. The predicted molar refractivity (Wildman–Crippen MR) is 62.9 cm³/mol. The summed E-state index contributed by atoms with van der Waals surface area (Å²) in [6.07, 6.45) is 4.45. The van der Waals surface area contributed by atoms with Crippen LogP contribution >= 0.6 is 0 Å². The molecule has 1 fully saturated rings. The molecule has 0 radical (unpaired) electrons. The lowest BCUT2D eigenvalue weighted by atomic mass is 9.89. The zero-order chi connectivity index (χ0) is 10.5. The van der Waals surface area contributed by atoms with Gasteiger partial charge in [-0.3, -0.25) is 0 Å². The smallest absolute Gasteiger partial charge is 0.0456 e. The highest BCUT2D eigenvalue weighted by atomic mass is 14.7. The Morgan fingerprint density at radius 1 is 1.33 bits per heavy atom. The van der Waals surface area contributed by atoms with E-state index in [9.17, 15) is 0 Å². The summed E-state index contributed by atoms with van der Waals surface area (Å²) in [5.74, 6) is 0. The summed E-state index contributed by atoms with van der Waals surface area (Å²) in [5, 5.41) is 1.28. The van der Waals surface area contributed by atoms with E-state index in [-0.39, 0.29) is 11.5 Å². The number of nitrogens with two attached hydrogens (primary N) is 1. The van der Waals surface area contributed by atoms with Gasteiger partial charge in [-0.1, -0.05) is 12.1 Å². The lowest BCUT2D eigenvalue weighted by molar-refractivity contribution is 0.557. The quantitative estimate of drug-likeness (QED) is 0.768. The van der Waals surface area contributed by atoms with Crippen molar-refractivity contribution in [2.24, 2.45) is 5.73 Å². The van der Waals surface area contributed by atoms with E-state index >= 15 is 0 Å². The molecule has 3 N–H and O–H groups in total. The zero-order valence-electron chi connectivity index (χ0n) is 8.96. The van der Waals surface area contributed by atoms with Gasteiger partial charge in [0.05, 0.1) is 0 Å². The van der Waals surface area contributed by atoms with Gasteiger partial charge in [-0.05, 0) is 42.8 Å². The first-order chi connectivity index (χ1) is 7.22. The molecular weight excluding hydrogens is 184 g/mol. The third kappa shape index (κ3) is 1.21. The summed E-state index contributed by atoms with van der Waals surface area (Å²) < 4.78 is 0. The van der Waals surface area contributed by atoms with Crippen LogP contribution in [-0.2, 0) is 5.41 Å². The normalized spacial score (nSPS) is 20.4. The second-order valence-corrected chi connectivity index (χ2v) is 4.72. The molecule has 78 valence electrons. The van der Waals surface area contributed by atoms with Gasteiger partial charge in [0.15, 0.2) is 0 Å². The molecule has 0 amide bonds. The van der Waals surface area contributed by atoms with E-state index < -0.39 is 0 Å². The van der Waals surface area contributed by atoms with E-state index in [0.29, 0.717) is 0 Å². The molecule has 1 heterocycles. The van der Waals surface area contributed by atoms with Crippen molar-refractivity contribution in [3.05, 3.63) is 36.0 Å². The van der Waals surface area contributed by atoms with Gasteiger partial charge in [-0.2, -0.15) is 0 Å². The number of benzene rings is 1. The summed E-state index contributed by atoms with van der Waals surface area (Å²) in [4.78, 5) is 3.26. The monoisotopic (exact) mass is 200 g/mol. The highest BCUT2D eigenvalue weighted by Gasteiger charge is 2.47. The van der Waals surface area contributed by atoms with Crippen LogP contribution in [0.1, 0.15) is 25.3 Å². The maximum absolute atomic E-state index is 6.07. The van der Waals surface area contributed by atoms with Crippen molar-refractivity contribution in [3.8, 4) is 0 Å². The van der Waals surface area contributed by atoms with Crippen molar-refractivity contribution in [2.75, 3.05) is 0 Å². The van der Waals surface area contributed by atoms with Crippen LogP contribution in [0.3, 0.4) is 0 Å². The van der Waals surface area contributed by atoms with Crippen molar-refractivity contribution in [2.45, 2.75) is 31.2 Å². The lowest BCUT2D eigenvalue weighted by Crippen LogP contribution is -2.31. The molecule has 1 unspecified atom stereocenters. The number of aromatic amines is 1. The molecule has 2 aromatic rings. The van der Waals surface area contributed by atoms with Crippen LogP contribution in [0.5, 0.6) is 0 Å². The number of nitrogens with one attached hydrogen (secondary N) is 1. The SMILES string of the molecule is CC(N)C1(c2ccc3cc[nH]c3c2)CC1. The van der Waals surface area contributed by atoms with Gasteiger partial charge in [0.2, 0.25) is 0 Å². The molecule has 0 aliphatic heterocycles. The Kier molecular flexibility index (Phi) is 1.71. The van der Waals surface area contributed by atoms with Gasteiger partial charge in [-0.15, -0.1) is 0 Å². The average Bonchev–Trinajstić information content (AvgIpc) is 2.91. The molecule has 15 heavy (non-hydrogen) atoms. The van der Waals surface area contributed by atoms with E-state index in [1.165, 1.54) is 29.3 Å². The molecule has 2 nitrogen and oxygen atoms in total. The molecule has 1 aromatic heterocycles. The lowest BCUT2D eigenvalue weighted by Gasteiger charge is -2.20. The van der Waals surface area contributed by atoms with Gasteiger partial charge in [0.1, 0.15) is 0 Å². The number of rotatable bonds is 2. The van der Waals surface area contributed by atoms with Crippen LogP contribution in [0.25, 0.3) is 10.9 Å². The molecule has 0 bridgehead atoms. The average molecular weight is 200 g/mol. The first kappa shape index (κ1) is 8.98. The Bertz CT molecular complexity index is 492. The first-order valence-electron chi connectivity index (χ1n) is 5.56. The Balaban J connectivity index is 2.11. The molecule has 0 saturated heterocycles. The summed E-state index contributed by atoms with van der Waals surface area (Å²) in [6.45, 7) is 2.12. The standard InChI is InChI=1S/C13H16N2/c1-9(14)13(5-6-13)11-3-2-10-4-7-15-12(10)8-11/h2-4,7-9,15H,5-6,14H2,1H3. The van der Waals surface area contributed by atoms with Crippen LogP contribution in [0.2, 0.25) is 0 Å². The molecule has 1 saturated carbocycles. The molecule has 3 rings (SSSR count). The fourth-order valence-electron chi connectivity index (χ4n) is 2.50. The minimum Gasteiger partial charge on any atom is -0.361 e. The minimum atomic E-state index is 0.255. The molecule has 1 aliphatic rings. The summed E-state index contributed by atoms with van der Waals surface area (Å²) in [6, 6.07) is 9.02. The molecule has 1 aliphatic carbocycles. The number of H-pyrrole nitrogens is 1. The van der Waals surface area contributed by atoms with Crippen molar-refractivity contribution in [1.82, 2.24) is 4.98 Å². The Hall–Kier alpha value is -1.28. The molecule has 1 aromatic carbocycles. The Morgan fingerprint density at radius 3 is 2.80 bits per heavy atom. The summed E-state index contributed by atoms with van der Waals surface area (Å²) >= 11 is 0. The Morgan fingerprint density at radius 2 is 2.13 bits per heavy atom. The highest BCUT2D eigenvalue weighted by Crippen LogP contribution is 2.50. The number of hydrogen-bond donors (Lipinski definition) is 2. The van der Waals surface area contributed by atoms with Crippen LogP contribution in [0, 0.1) is 0 Å². The van der Waals surface area contributed by atoms with Crippen LogP contribution in [-0.4, -0.2) is 11.0 Å². The Labute approximate surface area is 89.5 Å². The van der Waals surface area contributed by atoms with Crippen LogP contribution in [0.4, 0.5) is 0 Å². The van der Waals surface area contributed by atoms with Crippen molar-refractivity contribution < 1.29 is 0 Å². The van der Waals surface area contributed by atoms with Crippen molar-refractivity contribution in [3.63, 3.8) is 0 Å². The maximum Gasteiger partial charge on any atom is 0.0456 e. The molecule has 2 heteroatoms. The highest BCUT2D eigenvalue weighted by molar-refractivity contribution is 5.80. The van der Waals surface area contributed by atoms with Crippen LogP contribution in [0.15, 0.2) is 30.5 Å². The van der Waals surface area contributed by atoms with Crippen LogP contribution < -0.4 is 5.73 Å². The van der Waals surface area contributed by atoms with Gasteiger partial charge >= 0.3 is 0 Å². The number of aromatic nitrogens is 1. The van der Waals surface area contributed by atoms with E-state index in [1.54, 1.807) is 0 Å². The van der Waals surface area contributed by atoms with Crippen molar-refractivity contribution in [1.29, 1.82) is 0 Å². The van der Waals surface area contributed by atoms with Gasteiger partial charge in [0.25, 0.3) is 0 Å². The topological polar surface area (TPSA) is 41.8 Å².